The van der Waals surface area contributed by atoms with Crippen LogP contribution >= 0.6 is 27.5 Å². The Morgan fingerprint density at radius 2 is 2.05 bits per heavy atom. The first-order chi connectivity index (χ1) is 9.51. The summed E-state index contributed by atoms with van der Waals surface area (Å²) >= 11 is 9.25. The zero-order valence-corrected chi connectivity index (χ0v) is 12.5. The molecule has 0 aliphatic carbocycles. The zero-order valence-electron chi connectivity index (χ0n) is 10.2. The molecule has 1 amide bonds. The fourth-order valence-electron chi connectivity index (χ4n) is 1.62. The third-order valence-corrected chi connectivity index (χ3v) is 3.39. The topological polar surface area (TPSA) is 78.9 Å². The highest BCUT2D eigenvalue weighted by atomic mass is 79.9. The van der Waals surface area contributed by atoms with Gasteiger partial charge < -0.3 is 11.1 Å². The molecule has 0 unspecified atom stereocenters. The molecule has 0 spiro atoms. The molecule has 0 atom stereocenters. The summed E-state index contributed by atoms with van der Waals surface area (Å²) in [7, 11) is 0. The van der Waals surface area contributed by atoms with E-state index in [1.807, 2.05) is 6.07 Å². The van der Waals surface area contributed by atoms with Crippen LogP contribution in [-0.2, 0) is 0 Å². The van der Waals surface area contributed by atoms with Gasteiger partial charge in [-0.05, 0) is 36.4 Å². The number of halogens is 2. The van der Waals surface area contributed by atoms with E-state index in [0.717, 1.165) is 4.47 Å². The van der Waals surface area contributed by atoms with Crippen molar-refractivity contribution in [3.63, 3.8) is 0 Å². The number of nitrogens with one attached hydrogen (secondary N) is 1. The number of nitriles is 1. The molecule has 0 aromatic heterocycles. The number of anilines is 2. The van der Waals surface area contributed by atoms with E-state index in [0.29, 0.717) is 22.5 Å². The Labute approximate surface area is 129 Å². The maximum Gasteiger partial charge on any atom is 0.257 e. The summed E-state index contributed by atoms with van der Waals surface area (Å²) in [5.41, 5.74) is 7.14. The minimum atomic E-state index is -0.395. The number of rotatable bonds is 2. The van der Waals surface area contributed by atoms with E-state index in [1.54, 1.807) is 24.3 Å². The highest BCUT2D eigenvalue weighted by Gasteiger charge is 2.12. The van der Waals surface area contributed by atoms with Gasteiger partial charge in [0.15, 0.2) is 0 Å². The van der Waals surface area contributed by atoms with Crippen molar-refractivity contribution in [2.24, 2.45) is 0 Å². The summed E-state index contributed by atoms with van der Waals surface area (Å²) in [6, 6.07) is 11.7. The third kappa shape index (κ3) is 3.10. The summed E-state index contributed by atoms with van der Waals surface area (Å²) in [4.78, 5) is 12.1. The Morgan fingerprint density at radius 3 is 2.70 bits per heavy atom. The Kier molecular flexibility index (Phi) is 4.28. The van der Waals surface area contributed by atoms with Crippen molar-refractivity contribution < 1.29 is 4.79 Å². The van der Waals surface area contributed by atoms with Crippen LogP contribution in [0.2, 0.25) is 5.02 Å². The van der Waals surface area contributed by atoms with Gasteiger partial charge in [-0.25, -0.2) is 0 Å². The standard InChI is InChI=1S/C14H9BrClN3O/c15-9-1-4-13(8(5-9)7-17)19-14(20)11-3-2-10(18)6-12(11)16/h1-6H,18H2,(H,19,20). The van der Waals surface area contributed by atoms with E-state index < -0.39 is 5.91 Å². The monoisotopic (exact) mass is 349 g/mol. The average molecular weight is 351 g/mol. The second-order valence-corrected chi connectivity index (χ2v) is 5.32. The fraction of sp³-hybridized carbons (Fsp3) is 0. The molecule has 0 fully saturated rings. The number of carbonyl (C=O) groups is 1. The number of carbonyl (C=O) groups excluding carboxylic acids is 1. The zero-order chi connectivity index (χ0) is 14.7. The molecular formula is C14H9BrClN3O. The minimum absolute atomic E-state index is 0.262. The number of nitrogens with zero attached hydrogens (tertiary/aromatic N) is 1. The molecule has 0 heterocycles. The van der Waals surface area contributed by atoms with E-state index in [4.69, 9.17) is 22.6 Å². The molecule has 20 heavy (non-hydrogen) atoms. The van der Waals surface area contributed by atoms with E-state index >= 15 is 0 Å². The van der Waals surface area contributed by atoms with Crippen molar-refractivity contribution in [3.05, 3.63) is 57.0 Å². The highest BCUT2D eigenvalue weighted by Crippen LogP contribution is 2.23. The number of hydrogen-bond donors (Lipinski definition) is 2. The summed E-state index contributed by atoms with van der Waals surface area (Å²) in [5, 5.41) is 12.0. The van der Waals surface area contributed by atoms with E-state index in [9.17, 15) is 4.79 Å². The lowest BCUT2D eigenvalue weighted by atomic mass is 10.1. The second kappa shape index (κ2) is 5.95. The third-order valence-electron chi connectivity index (χ3n) is 2.59. The highest BCUT2D eigenvalue weighted by molar-refractivity contribution is 9.10. The summed E-state index contributed by atoms with van der Waals surface area (Å²) in [6.45, 7) is 0. The molecule has 0 saturated heterocycles. The van der Waals surface area contributed by atoms with Gasteiger partial charge in [0.25, 0.3) is 5.91 Å². The predicted molar refractivity (Wildman–Crippen MR) is 82.7 cm³/mol. The quantitative estimate of drug-likeness (QED) is 0.808. The largest absolute Gasteiger partial charge is 0.399 e. The molecule has 2 aromatic carbocycles. The number of benzene rings is 2. The lowest BCUT2D eigenvalue weighted by molar-refractivity contribution is 0.102. The molecule has 100 valence electrons. The van der Waals surface area contributed by atoms with Crippen molar-refractivity contribution in [1.82, 2.24) is 0 Å². The molecule has 4 nitrogen and oxygen atoms in total. The van der Waals surface area contributed by atoms with Gasteiger partial charge >= 0.3 is 0 Å². The van der Waals surface area contributed by atoms with Crippen molar-refractivity contribution in [2.45, 2.75) is 0 Å². The van der Waals surface area contributed by atoms with Gasteiger partial charge in [-0.15, -0.1) is 0 Å². The van der Waals surface area contributed by atoms with Crippen LogP contribution in [0.5, 0.6) is 0 Å². The van der Waals surface area contributed by atoms with Crippen molar-refractivity contribution in [1.29, 1.82) is 5.26 Å². The molecule has 0 saturated carbocycles. The van der Waals surface area contributed by atoms with Crippen LogP contribution in [0.4, 0.5) is 11.4 Å². The van der Waals surface area contributed by atoms with Crippen LogP contribution in [0.1, 0.15) is 15.9 Å². The summed E-state index contributed by atoms with van der Waals surface area (Å²) in [6.07, 6.45) is 0. The maximum absolute atomic E-state index is 12.1. The van der Waals surface area contributed by atoms with Crippen LogP contribution in [0.15, 0.2) is 40.9 Å². The Balaban J connectivity index is 2.31. The van der Waals surface area contributed by atoms with Gasteiger partial charge in [-0.1, -0.05) is 27.5 Å². The Bertz CT molecular complexity index is 725. The first-order valence-electron chi connectivity index (χ1n) is 5.57. The normalized spacial score (nSPS) is 9.85. The molecule has 0 aliphatic heterocycles. The van der Waals surface area contributed by atoms with Crippen LogP contribution in [0.25, 0.3) is 0 Å². The first kappa shape index (κ1) is 14.4. The smallest absolute Gasteiger partial charge is 0.257 e. The van der Waals surface area contributed by atoms with Crippen LogP contribution in [0, 0.1) is 11.3 Å². The van der Waals surface area contributed by atoms with Crippen LogP contribution < -0.4 is 11.1 Å². The average Bonchev–Trinajstić information content (AvgIpc) is 2.40. The summed E-state index contributed by atoms with van der Waals surface area (Å²) < 4.78 is 0.762. The molecule has 0 aliphatic rings. The van der Waals surface area contributed by atoms with Gasteiger partial charge in [0, 0.05) is 10.2 Å². The molecule has 0 radical (unpaired) electrons. The molecule has 0 bridgehead atoms. The lowest BCUT2D eigenvalue weighted by Crippen LogP contribution is -2.13. The fourth-order valence-corrected chi connectivity index (χ4v) is 2.26. The molecule has 6 heteroatoms. The number of nitrogen functional groups attached to an aromatic ring is 1. The van der Waals surface area contributed by atoms with E-state index in [1.165, 1.54) is 12.1 Å². The summed E-state index contributed by atoms with van der Waals surface area (Å²) in [5.74, 6) is -0.395. The van der Waals surface area contributed by atoms with Gasteiger partial charge in [0.05, 0.1) is 21.8 Å². The number of nitrogens with two attached hydrogens (primary N) is 1. The Hall–Kier alpha value is -2.03. The van der Waals surface area contributed by atoms with Crippen molar-refractivity contribution in [3.8, 4) is 6.07 Å². The SMILES string of the molecule is N#Cc1cc(Br)ccc1NC(=O)c1ccc(N)cc1Cl. The molecule has 2 rings (SSSR count). The molecule has 3 N–H and O–H groups in total. The number of hydrogen-bond acceptors (Lipinski definition) is 3. The van der Waals surface area contributed by atoms with Crippen molar-refractivity contribution >= 4 is 44.8 Å². The second-order valence-electron chi connectivity index (χ2n) is 4.00. The molecular weight excluding hydrogens is 342 g/mol. The minimum Gasteiger partial charge on any atom is -0.399 e. The van der Waals surface area contributed by atoms with E-state index in [-0.39, 0.29) is 5.02 Å². The van der Waals surface area contributed by atoms with E-state index in [2.05, 4.69) is 21.2 Å². The van der Waals surface area contributed by atoms with Crippen molar-refractivity contribution in [2.75, 3.05) is 11.1 Å². The van der Waals surface area contributed by atoms with Gasteiger partial charge in [0.1, 0.15) is 6.07 Å². The number of amides is 1. The first-order valence-corrected chi connectivity index (χ1v) is 6.74. The van der Waals surface area contributed by atoms with Gasteiger partial charge in [0.2, 0.25) is 0 Å². The van der Waals surface area contributed by atoms with Gasteiger partial charge in [-0.3, -0.25) is 4.79 Å². The molecule has 2 aromatic rings. The predicted octanol–water partition coefficient (Wildman–Crippen LogP) is 3.81. The lowest BCUT2D eigenvalue weighted by Gasteiger charge is -2.09. The Morgan fingerprint density at radius 1 is 1.30 bits per heavy atom. The van der Waals surface area contributed by atoms with Crippen LogP contribution in [-0.4, -0.2) is 5.91 Å². The van der Waals surface area contributed by atoms with Crippen LogP contribution in [0.3, 0.4) is 0 Å². The maximum atomic E-state index is 12.1. The van der Waals surface area contributed by atoms with Gasteiger partial charge in [-0.2, -0.15) is 5.26 Å².